The highest BCUT2D eigenvalue weighted by Gasteiger charge is 2.25. The number of anilines is 1. The number of nitrogens with one attached hydrogen (secondary N) is 2. The van der Waals surface area contributed by atoms with Crippen molar-refractivity contribution in [3.63, 3.8) is 0 Å². The Hall–Kier alpha value is -2.62. The van der Waals surface area contributed by atoms with Crippen molar-refractivity contribution in [3.8, 4) is 0 Å². The molecule has 0 bridgehead atoms. The van der Waals surface area contributed by atoms with Gasteiger partial charge >= 0.3 is 0 Å². The second-order valence-corrected chi connectivity index (χ2v) is 6.12. The number of hydrogen-bond donors (Lipinski definition) is 2. The number of rotatable bonds is 4. The molecule has 1 aliphatic carbocycles. The molecule has 4 heteroatoms. The van der Waals surface area contributed by atoms with Gasteiger partial charge in [0.15, 0.2) is 0 Å². The van der Waals surface area contributed by atoms with E-state index in [0.717, 1.165) is 24.0 Å². The minimum Gasteiger partial charge on any atom is -0.349 e. The molecule has 0 aromatic heterocycles. The van der Waals surface area contributed by atoms with E-state index in [0.29, 0.717) is 16.8 Å². The fraction of sp³-hybridized carbons (Fsp3) is 0.263. The topological polar surface area (TPSA) is 58.2 Å². The van der Waals surface area contributed by atoms with Crippen LogP contribution in [-0.4, -0.2) is 17.9 Å². The van der Waals surface area contributed by atoms with E-state index in [1.165, 1.54) is 0 Å². The molecule has 0 atom stereocenters. The third kappa shape index (κ3) is 3.77. The van der Waals surface area contributed by atoms with Crippen LogP contribution >= 0.6 is 0 Å². The zero-order chi connectivity index (χ0) is 16.4. The van der Waals surface area contributed by atoms with Crippen molar-refractivity contribution in [1.82, 2.24) is 5.32 Å². The molecule has 1 aliphatic rings. The fourth-order valence-electron chi connectivity index (χ4n) is 2.58. The summed E-state index contributed by atoms with van der Waals surface area (Å²) in [5.41, 5.74) is 3.71. The average molecular weight is 308 g/mol. The summed E-state index contributed by atoms with van der Waals surface area (Å²) in [6.07, 6.45) is 2.06. The van der Waals surface area contributed by atoms with Crippen LogP contribution in [0.5, 0.6) is 0 Å². The van der Waals surface area contributed by atoms with Gasteiger partial charge in [-0.3, -0.25) is 9.59 Å². The summed E-state index contributed by atoms with van der Waals surface area (Å²) in [5, 5.41) is 5.81. The first-order valence-electron chi connectivity index (χ1n) is 7.82. The fourth-order valence-corrected chi connectivity index (χ4v) is 2.58. The molecule has 2 N–H and O–H groups in total. The summed E-state index contributed by atoms with van der Waals surface area (Å²) < 4.78 is 0. The van der Waals surface area contributed by atoms with Crippen LogP contribution in [0.3, 0.4) is 0 Å². The number of hydrogen-bond acceptors (Lipinski definition) is 2. The van der Waals surface area contributed by atoms with Gasteiger partial charge in [0, 0.05) is 11.6 Å². The van der Waals surface area contributed by atoms with E-state index in [4.69, 9.17) is 0 Å². The highest BCUT2D eigenvalue weighted by molar-refractivity contribution is 6.09. The lowest BCUT2D eigenvalue weighted by molar-refractivity contribution is 0.0952. The maximum atomic E-state index is 12.5. The molecule has 4 nitrogen and oxygen atoms in total. The van der Waals surface area contributed by atoms with Crippen molar-refractivity contribution >= 4 is 17.5 Å². The van der Waals surface area contributed by atoms with Gasteiger partial charge in [-0.05, 0) is 51.0 Å². The van der Waals surface area contributed by atoms with Gasteiger partial charge in [-0.15, -0.1) is 0 Å². The summed E-state index contributed by atoms with van der Waals surface area (Å²) in [5.74, 6) is -0.340. The largest absolute Gasteiger partial charge is 0.349 e. The van der Waals surface area contributed by atoms with Crippen LogP contribution in [0.15, 0.2) is 42.5 Å². The van der Waals surface area contributed by atoms with E-state index in [9.17, 15) is 9.59 Å². The molecule has 0 saturated heterocycles. The molecule has 1 fully saturated rings. The van der Waals surface area contributed by atoms with Gasteiger partial charge in [0.1, 0.15) is 0 Å². The summed E-state index contributed by atoms with van der Waals surface area (Å²) in [6.45, 7) is 3.92. The van der Waals surface area contributed by atoms with E-state index in [-0.39, 0.29) is 17.9 Å². The van der Waals surface area contributed by atoms with Gasteiger partial charge in [0.05, 0.1) is 11.3 Å². The molecule has 2 aromatic rings. The van der Waals surface area contributed by atoms with Crippen LogP contribution in [0, 0.1) is 13.8 Å². The van der Waals surface area contributed by atoms with Crippen molar-refractivity contribution in [2.75, 3.05) is 5.32 Å². The molecular weight excluding hydrogens is 288 g/mol. The second-order valence-electron chi connectivity index (χ2n) is 6.12. The van der Waals surface area contributed by atoms with Crippen molar-refractivity contribution in [3.05, 3.63) is 64.7 Å². The SMILES string of the molecule is Cc1cc(C)cc(C(=O)Nc2ccccc2C(=O)NC2CC2)c1. The number of aryl methyl sites for hydroxylation is 2. The second kappa shape index (κ2) is 6.24. The molecule has 0 radical (unpaired) electrons. The molecule has 2 aromatic carbocycles. The Balaban J connectivity index is 1.81. The van der Waals surface area contributed by atoms with Crippen molar-refractivity contribution in [2.24, 2.45) is 0 Å². The van der Waals surface area contributed by atoms with Crippen LogP contribution in [0.2, 0.25) is 0 Å². The summed E-state index contributed by atoms with van der Waals surface area (Å²) in [7, 11) is 0. The third-order valence-electron chi connectivity index (χ3n) is 3.82. The van der Waals surface area contributed by atoms with E-state index in [1.54, 1.807) is 18.2 Å². The van der Waals surface area contributed by atoms with E-state index >= 15 is 0 Å². The van der Waals surface area contributed by atoms with Crippen LogP contribution in [0.25, 0.3) is 0 Å². The van der Waals surface area contributed by atoms with Crippen LogP contribution < -0.4 is 10.6 Å². The van der Waals surface area contributed by atoms with Gasteiger partial charge in [-0.25, -0.2) is 0 Å². The zero-order valence-corrected chi connectivity index (χ0v) is 13.3. The molecular formula is C19H20N2O2. The molecule has 0 aliphatic heterocycles. The van der Waals surface area contributed by atoms with Crippen molar-refractivity contribution < 1.29 is 9.59 Å². The molecule has 1 saturated carbocycles. The minimum atomic E-state index is -0.205. The summed E-state index contributed by atoms with van der Waals surface area (Å²) in [6, 6.07) is 13.1. The van der Waals surface area contributed by atoms with Gasteiger partial charge in [0.2, 0.25) is 0 Å². The monoisotopic (exact) mass is 308 g/mol. The van der Waals surface area contributed by atoms with E-state index < -0.39 is 0 Å². The number of carbonyl (C=O) groups excluding carboxylic acids is 2. The summed E-state index contributed by atoms with van der Waals surface area (Å²) in [4.78, 5) is 24.8. The first kappa shape index (κ1) is 15.3. The molecule has 3 rings (SSSR count). The molecule has 0 spiro atoms. The molecule has 2 amide bonds. The van der Waals surface area contributed by atoms with E-state index in [1.807, 2.05) is 38.1 Å². The first-order valence-corrected chi connectivity index (χ1v) is 7.82. The lowest BCUT2D eigenvalue weighted by atomic mass is 10.1. The Kier molecular flexibility index (Phi) is 4.15. The third-order valence-corrected chi connectivity index (χ3v) is 3.82. The number of carbonyl (C=O) groups is 2. The number of amides is 2. The average Bonchev–Trinajstić information content (AvgIpc) is 3.30. The molecule has 118 valence electrons. The Morgan fingerprint density at radius 3 is 2.26 bits per heavy atom. The standard InChI is InChI=1S/C19H20N2O2/c1-12-9-13(2)11-14(10-12)18(22)21-17-6-4-3-5-16(17)19(23)20-15-7-8-15/h3-6,9-11,15H,7-8H2,1-2H3,(H,20,23)(H,21,22). The quantitative estimate of drug-likeness (QED) is 0.909. The van der Waals surface area contributed by atoms with Gasteiger partial charge in [0.25, 0.3) is 11.8 Å². The molecule has 23 heavy (non-hydrogen) atoms. The maximum Gasteiger partial charge on any atom is 0.255 e. The van der Waals surface area contributed by atoms with Crippen LogP contribution in [0.1, 0.15) is 44.7 Å². The highest BCUT2D eigenvalue weighted by atomic mass is 16.2. The summed E-state index contributed by atoms with van der Waals surface area (Å²) >= 11 is 0. The lowest BCUT2D eigenvalue weighted by Crippen LogP contribution is -2.27. The van der Waals surface area contributed by atoms with Gasteiger partial charge in [-0.1, -0.05) is 29.3 Å². The minimum absolute atomic E-state index is 0.135. The first-order chi connectivity index (χ1) is 11.0. The maximum absolute atomic E-state index is 12.5. The van der Waals surface area contributed by atoms with Crippen LogP contribution in [0.4, 0.5) is 5.69 Å². The highest BCUT2D eigenvalue weighted by Crippen LogP contribution is 2.22. The predicted octanol–water partition coefficient (Wildman–Crippen LogP) is 3.45. The molecule has 0 unspecified atom stereocenters. The Morgan fingerprint density at radius 2 is 1.61 bits per heavy atom. The Bertz CT molecular complexity index is 743. The lowest BCUT2D eigenvalue weighted by Gasteiger charge is -2.12. The van der Waals surface area contributed by atoms with Crippen molar-refractivity contribution in [1.29, 1.82) is 0 Å². The Morgan fingerprint density at radius 1 is 0.957 bits per heavy atom. The number of para-hydroxylation sites is 1. The van der Waals surface area contributed by atoms with Gasteiger partial charge in [-0.2, -0.15) is 0 Å². The smallest absolute Gasteiger partial charge is 0.255 e. The zero-order valence-electron chi connectivity index (χ0n) is 13.3. The van der Waals surface area contributed by atoms with E-state index in [2.05, 4.69) is 10.6 Å². The van der Waals surface area contributed by atoms with Gasteiger partial charge < -0.3 is 10.6 Å². The molecule has 0 heterocycles. The van der Waals surface area contributed by atoms with Crippen LogP contribution in [-0.2, 0) is 0 Å². The predicted molar refractivity (Wildman–Crippen MR) is 90.8 cm³/mol. The Labute approximate surface area is 135 Å². The number of benzene rings is 2. The normalized spacial score (nSPS) is 13.5. The van der Waals surface area contributed by atoms with Crippen molar-refractivity contribution in [2.45, 2.75) is 32.7 Å².